The molecule has 0 unspecified atom stereocenters. The lowest BCUT2D eigenvalue weighted by atomic mass is 10.3. The smallest absolute Gasteiger partial charge is 0.119 e. The molecule has 0 saturated carbocycles. The summed E-state index contributed by atoms with van der Waals surface area (Å²) in [5.41, 5.74) is 2.95. The first kappa shape index (κ1) is 14.9. The Hall–Kier alpha value is -3.01. The fraction of sp³-hybridized carbons (Fsp3) is 0.105. The van der Waals surface area contributed by atoms with Crippen LogP contribution in [-0.4, -0.2) is 25.0 Å². The minimum absolute atomic E-state index is 0.825. The van der Waals surface area contributed by atoms with E-state index in [9.17, 15) is 0 Å². The van der Waals surface area contributed by atoms with Gasteiger partial charge in [0, 0.05) is 11.9 Å². The van der Waals surface area contributed by atoms with E-state index in [2.05, 4.69) is 9.56 Å². The van der Waals surface area contributed by atoms with Gasteiger partial charge in [-0.15, -0.1) is 0 Å². The Balaban J connectivity index is 1.83. The molecule has 0 amide bonds. The van der Waals surface area contributed by atoms with Crippen LogP contribution in [0.3, 0.4) is 0 Å². The topological polar surface area (TPSA) is 35.8 Å². The zero-order valence-corrected chi connectivity index (χ0v) is 13.1. The minimum atomic E-state index is 0.825. The van der Waals surface area contributed by atoms with E-state index in [1.54, 1.807) is 14.2 Å². The Kier molecular flexibility index (Phi) is 4.43. The van der Waals surface area contributed by atoms with Crippen molar-refractivity contribution >= 4 is 11.9 Å². The van der Waals surface area contributed by atoms with Crippen molar-refractivity contribution in [2.75, 3.05) is 14.2 Å². The van der Waals surface area contributed by atoms with Crippen LogP contribution in [-0.2, 0) is 0 Å². The van der Waals surface area contributed by atoms with Crippen molar-refractivity contribution < 1.29 is 9.47 Å². The van der Waals surface area contributed by atoms with Crippen LogP contribution in [0.5, 0.6) is 11.5 Å². The molecule has 0 aliphatic heterocycles. The summed E-state index contributed by atoms with van der Waals surface area (Å²) >= 11 is 0. The van der Waals surface area contributed by atoms with E-state index >= 15 is 0 Å². The normalized spacial score (nSPS) is 10.9. The molecule has 0 aliphatic carbocycles. The molecule has 0 bridgehead atoms. The zero-order valence-electron chi connectivity index (χ0n) is 13.1. The Morgan fingerprint density at radius 3 is 2.04 bits per heavy atom. The van der Waals surface area contributed by atoms with Crippen LogP contribution in [0.1, 0.15) is 5.69 Å². The first-order chi connectivity index (χ1) is 11.3. The number of hydrogen-bond acceptors (Lipinski definition) is 3. The number of aromatic nitrogens is 1. The molecule has 3 rings (SSSR count). The summed E-state index contributed by atoms with van der Waals surface area (Å²) in [7, 11) is 3.32. The molecular weight excluding hydrogens is 288 g/mol. The lowest BCUT2D eigenvalue weighted by molar-refractivity contribution is 0.414. The molecule has 1 heterocycles. The Labute approximate surface area is 135 Å². The minimum Gasteiger partial charge on any atom is -0.497 e. The molecule has 4 heteroatoms. The van der Waals surface area contributed by atoms with Crippen molar-refractivity contribution in [3.63, 3.8) is 0 Å². The number of hydrogen-bond donors (Lipinski definition) is 0. The van der Waals surface area contributed by atoms with E-state index in [-0.39, 0.29) is 0 Å². The maximum Gasteiger partial charge on any atom is 0.119 e. The second-order valence-electron chi connectivity index (χ2n) is 4.96. The largest absolute Gasteiger partial charge is 0.497 e. The van der Waals surface area contributed by atoms with E-state index < -0.39 is 0 Å². The number of benzene rings is 2. The van der Waals surface area contributed by atoms with E-state index in [4.69, 9.17) is 9.47 Å². The van der Waals surface area contributed by atoms with Gasteiger partial charge in [0.2, 0.25) is 0 Å². The van der Waals surface area contributed by atoms with Gasteiger partial charge in [-0.05, 0) is 60.7 Å². The van der Waals surface area contributed by atoms with Crippen molar-refractivity contribution in [2.45, 2.75) is 0 Å². The monoisotopic (exact) mass is 306 g/mol. The Morgan fingerprint density at radius 2 is 1.43 bits per heavy atom. The molecule has 0 saturated heterocycles. The summed E-state index contributed by atoms with van der Waals surface area (Å²) in [5.74, 6) is 1.67. The molecule has 3 aromatic rings. The summed E-state index contributed by atoms with van der Waals surface area (Å²) in [6.45, 7) is 0. The lowest BCUT2D eigenvalue weighted by Crippen LogP contribution is -1.97. The highest BCUT2D eigenvalue weighted by molar-refractivity contribution is 5.81. The highest BCUT2D eigenvalue weighted by Crippen LogP contribution is 2.19. The highest BCUT2D eigenvalue weighted by atomic mass is 16.5. The fourth-order valence-corrected chi connectivity index (χ4v) is 2.29. The van der Waals surface area contributed by atoms with Gasteiger partial charge in [0.1, 0.15) is 11.5 Å². The molecule has 0 N–H and O–H groups in total. The van der Waals surface area contributed by atoms with Crippen molar-refractivity contribution in [3.8, 4) is 17.2 Å². The summed E-state index contributed by atoms with van der Waals surface area (Å²) in [4.78, 5) is 4.52. The number of rotatable bonds is 5. The van der Waals surface area contributed by atoms with Gasteiger partial charge in [0.25, 0.3) is 0 Å². The number of methoxy groups -OCH3 is 2. The molecule has 116 valence electrons. The SMILES string of the molecule is COc1ccc(N=Cc2cccn2-c2ccc(OC)cc2)cc1. The van der Waals surface area contributed by atoms with Crippen LogP contribution in [0.25, 0.3) is 5.69 Å². The molecular formula is C19H18N2O2. The van der Waals surface area contributed by atoms with Gasteiger partial charge in [-0.25, -0.2) is 0 Å². The van der Waals surface area contributed by atoms with Crippen LogP contribution >= 0.6 is 0 Å². The van der Waals surface area contributed by atoms with Gasteiger partial charge in [-0.2, -0.15) is 0 Å². The summed E-state index contributed by atoms with van der Waals surface area (Å²) in [5, 5.41) is 0. The maximum atomic E-state index is 5.20. The summed E-state index contributed by atoms with van der Waals surface area (Å²) in [6, 6.07) is 19.6. The lowest BCUT2D eigenvalue weighted by Gasteiger charge is -2.07. The van der Waals surface area contributed by atoms with Crippen molar-refractivity contribution in [1.29, 1.82) is 0 Å². The third-order valence-corrected chi connectivity index (χ3v) is 3.55. The molecule has 0 atom stereocenters. The van der Waals surface area contributed by atoms with E-state index in [0.29, 0.717) is 0 Å². The van der Waals surface area contributed by atoms with Crippen molar-refractivity contribution in [1.82, 2.24) is 4.57 Å². The Morgan fingerprint density at radius 1 is 0.826 bits per heavy atom. The predicted octanol–water partition coefficient (Wildman–Crippen LogP) is 4.25. The molecule has 2 aromatic carbocycles. The number of ether oxygens (including phenoxy) is 2. The van der Waals surface area contributed by atoms with Crippen LogP contribution in [0.4, 0.5) is 5.69 Å². The Bertz CT molecular complexity index is 787. The van der Waals surface area contributed by atoms with E-state index in [1.165, 1.54) is 0 Å². The second-order valence-corrected chi connectivity index (χ2v) is 4.96. The molecule has 1 aromatic heterocycles. The molecule has 0 fully saturated rings. The molecule has 23 heavy (non-hydrogen) atoms. The second kappa shape index (κ2) is 6.83. The maximum absolute atomic E-state index is 5.20. The standard InChI is InChI=1S/C19H18N2O2/c1-22-18-9-5-15(6-10-18)20-14-17-4-3-13-21(17)16-7-11-19(23-2)12-8-16/h3-14H,1-2H3. The van der Waals surface area contributed by atoms with Crippen LogP contribution in [0, 0.1) is 0 Å². The molecule has 4 nitrogen and oxygen atoms in total. The van der Waals surface area contributed by atoms with Crippen molar-refractivity contribution in [3.05, 3.63) is 72.6 Å². The third kappa shape index (κ3) is 3.43. The van der Waals surface area contributed by atoms with Gasteiger partial charge in [-0.1, -0.05) is 0 Å². The average Bonchev–Trinajstić information content (AvgIpc) is 3.09. The summed E-state index contributed by atoms with van der Waals surface area (Å²) < 4.78 is 12.4. The molecule has 0 aliphatic rings. The fourth-order valence-electron chi connectivity index (χ4n) is 2.29. The van der Waals surface area contributed by atoms with Gasteiger partial charge in [-0.3, -0.25) is 4.99 Å². The molecule has 0 radical (unpaired) electrons. The van der Waals surface area contributed by atoms with Gasteiger partial charge >= 0.3 is 0 Å². The van der Waals surface area contributed by atoms with E-state index in [1.807, 2.05) is 73.1 Å². The third-order valence-electron chi connectivity index (χ3n) is 3.55. The highest BCUT2D eigenvalue weighted by Gasteiger charge is 2.01. The van der Waals surface area contributed by atoms with Gasteiger partial charge in [0.15, 0.2) is 0 Å². The summed E-state index contributed by atoms with van der Waals surface area (Å²) in [6.07, 6.45) is 3.86. The van der Waals surface area contributed by atoms with E-state index in [0.717, 1.165) is 28.6 Å². The first-order valence-corrected chi connectivity index (χ1v) is 7.30. The predicted molar refractivity (Wildman–Crippen MR) is 92.6 cm³/mol. The quantitative estimate of drug-likeness (QED) is 0.661. The zero-order chi connectivity index (χ0) is 16.1. The van der Waals surface area contributed by atoms with Crippen LogP contribution in [0.15, 0.2) is 71.9 Å². The van der Waals surface area contributed by atoms with Crippen LogP contribution < -0.4 is 9.47 Å². The number of aliphatic imine (C=N–C) groups is 1. The first-order valence-electron chi connectivity index (χ1n) is 7.30. The average molecular weight is 306 g/mol. The van der Waals surface area contributed by atoms with Gasteiger partial charge in [0.05, 0.1) is 31.8 Å². The van der Waals surface area contributed by atoms with Gasteiger partial charge < -0.3 is 14.0 Å². The van der Waals surface area contributed by atoms with Crippen LogP contribution in [0.2, 0.25) is 0 Å². The molecule has 0 spiro atoms. The number of nitrogens with zero attached hydrogens (tertiary/aromatic N) is 2. The van der Waals surface area contributed by atoms with Crippen molar-refractivity contribution in [2.24, 2.45) is 4.99 Å².